The van der Waals surface area contributed by atoms with Crippen LogP contribution in [0.1, 0.15) is 27.2 Å². The molecule has 8 nitrogen and oxygen atoms in total. The topological polar surface area (TPSA) is 114 Å². The summed E-state index contributed by atoms with van der Waals surface area (Å²) in [6.07, 6.45) is 1.50. The van der Waals surface area contributed by atoms with Crippen LogP contribution in [0.3, 0.4) is 0 Å². The number of aliphatic hydroxyl groups excluding tert-OH is 1. The third-order valence-corrected chi connectivity index (χ3v) is 3.25. The number of rotatable bonds is 8. The molecule has 134 valence electrons. The smallest absolute Gasteiger partial charge is 0.408 e. The van der Waals surface area contributed by atoms with E-state index in [9.17, 15) is 14.4 Å². The highest BCUT2D eigenvalue weighted by Gasteiger charge is 2.28. The summed E-state index contributed by atoms with van der Waals surface area (Å²) in [4.78, 5) is 35.5. The summed E-state index contributed by atoms with van der Waals surface area (Å²) < 4.78 is 9.60. The molecule has 0 fully saturated rings. The summed E-state index contributed by atoms with van der Waals surface area (Å²) in [5.41, 5.74) is -0.690. The molecule has 2 amide bonds. The third kappa shape index (κ3) is 9.29. The van der Waals surface area contributed by atoms with Gasteiger partial charge in [0.1, 0.15) is 11.6 Å². The Balaban J connectivity index is 4.83. The normalized spacial score (nSPS) is 13.7. The van der Waals surface area contributed by atoms with Crippen molar-refractivity contribution in [3.8, 4) is 0 Å². The van der Waals surface area contributed by atoms with Crippen molar-refractivity contribution in [3.05, 3.63) is 0 Å². The maximum absolute atomic E-state index is 12.2. The third-order valence-electron chi connectivity index (χ3n) is 2.60. The molecule has 0 aromatic rings. The second-order valence-corrected chi connectivity index (χ2v) is 6.73. The Kier molecular flexibility index (Phi) is 9.66. The van der Waals surface area contributed by atoms with Gasteiger partial charge >= 0.3 is 12.1 Å². The Morgan fingerprint density at radius 3 is 2.22 bits per heavy atom. The van der Waals surface area contributed by atoms with Crippen molar-refractivity contribution in [3.63, 3.8) is 0 Å². The number of aliphatic hydroxyl groups is 1. The Hall–Kier alpha value is -1.48. The molecule has 0 radical (unpaired) electrons. The van der Waals surface area contributed by atoms with Gasteiger partial charge in [0.05, 0.1) is 13.7 Å². The first kappa shape index (κ1) is 21.5. The molecular formula is C14H26N2O6S. The average molecular weight is 350 g/mol. The molecule has 2 unspecified atom stereocenters. The van der Waals surface area contributed by atoms with E-state index in [4.69, 9.17) is 9.84 Å². The zero-order valence-corrected chi connectivity index (χ0v) is 15.0. The van der Waals surface area contributed by atoms with Crippen molar-refractivity contribution < 1.29 is 29.0 Å². The summed E-state index contributed by atoms with van der Waals surface area (Å²) in [5.74, 6) is -0.730. The van der Waals surface area contributed by atoms with Crippen molar-refractivity contribution in [2.24, 2.45) is 0 Å². The van der Waals surface area contributed by atoms with Gasteiger partial charge in [0.25, 0.3) is 0 Å². The number of thioether (sulfide) groups is 1. The van der Waals surface area contributed by atoms with Crippen LogP contribution < -0.4 is 10.6 Å². The molecule has 0 rings (SSSR count). The van der Waals surface area contributed by atoms with Crippen LogP contribution >= 0.6 is 11.8 Å². The Morgan fingerprint density at radius 2 is 1.78 bits per heavy atom. The first-order valence-corrected chi connectivity index (χ1v) is 8.51. The molecule has 23 heavy (non-hydrogen) atoms. The van der Waals surface area contributed by atoms with Crippen LogP contribution in [0.5, 0.6) is 0 Å². The minimum atomic E-state index is -1.18. The standard InChI is InChI=1S/C14H26N2O6S/c1-14(2,3)22-13(20)16-9(6-7-23-5)11(18)15-10(8-17)12(19)21-4/h9-10,17H,6-8H2,1-5H3,(H,15,18)(H,16,20). The minimum absolute atomic E-state index is 0.353. The second-order valence-electron chi connectivity index (χ2n) is 5.75. The predicted octanol–water partition coefficient (Wildman–Crippen LogP) is 0.283. The SMILES string of the molecule is COC(=O)C(CO)NC(=O)C(CCSC)NC(=O)OC(C)(C)C. The fourth-order valence-corrected chi connectivity index (χ4v) is 2.02. The van der Waals surface area contributed by atoms with E-state index >= 15 is 0 Å². The molecule has 0 aromatic carbocycles. The Labute approximate surface area is 140 Å². The zero-order chi connectivity index (χ0) is 18.0. The summed E-state index contributed by atoms with van der Waals surface area (Å²) in [6.45, 7) is 4.54. The summed E-state index contributed by atoms with van der Waals surface area (Å²) in [5, 5.41) is 14.0. The fraction of sp³-hybridized carbons (Fsp3) is 0.786. The number of ether oxygens (including phenoxy) is 2. The van der Waals surface area contributed by atoms with Crippen molar-refractivity contribution >= 4 is 29.7 Å². The molecule has 0 saturated carbocycles. The van der Waals surface area contributed by atoms with E-state index < -0.39 is 42.3 Å². The maximum Gasteiger partial charge on any atom is 0.408 e. The molecule has 0 bridgehead atoms. The van der Waals surface area contributed by atoms with Crippen molar-refractivity contribution in [1.82, 2.24) is 10.6 Å². The van der Waals surface area contributed by atoms with Gasteiger partial charge in [-0.2, -0.15) is 11.8 Å². The number of methoxy groups -OCH3 is 1. The van der Waals surface area contributed by atoms with Gasteiger partial charge < -0.3 is 25.2 Å². The highest BCUT2D eigenvalue weighted by atomic mass is 32.2. The molecule has 0 aliphatic heterocycles. The number of carbonyl (C=O) groups excluding carboxylic acids is 3. The highest BCUT2D eigenvalue weighted by molar-refractivity contribution is 7.98. The number of carbonyl (C=O) groups is 3. The van der Waals surface area contributed by atoms with Crippen LogP contribution in [0.4, 0.5) is 4.79 Å². The summed E-state index contributed by atoms with van der Waals surface area (Å²) >= 11 is 1.51. The number of hydrogen-bond donors (Lipinski definition) is 3. The zero-order valence-electron chi connectivity index (χ0n) is 14.2. The first-order valence-electron chi connectivity index (χ1n) is 7.12. The number of alkyl carbamates (subject to hydrolysis) is 1. The molecule has 0 aliphatic carbocycles. The van der Waals surface area contributed by atoms with Gasteiger partial charge in [-0.15, -0.1) is 0 Å². The maximum atomic E-state index is 12.2. The van der Waals surface area contributed by atoms with E-state index in [0.717, 1.165) is 7.11 Å². The number of amides is 2. The van der Waals surface area contributed by atoms with Crippen LogP contribution in [0.25, 0.3) is 0 Å². The van der Waals surface area contributed by atoms with Crippen LogP contribution in [0.2, 0.25) is 0 Å². The lowest BCUT2D eigenvalue weighted by Crippen LogP contribution is -2.53. The molecule has 0 saturated heterocycles. The summed E-state index contributed by atoms with van der Waals surface area (Å²) in [6, 6.07) is -2.05. The van der Waals surface area contributed by atoms with E-state index in [2.05, 4.69) is 15.4 Å². The van der Waals surface area contributed by atoms with Gasteiger partial charge in [-0.25, -0.2) is 9.59 Å². The van der Waals surface area contributed by atoms with Gasteiger partial charge in [0, 0.05) is 0 Å². The molecule has 0 aromatic heterocycles. The van der Waals surface area contributed by atoms with Crippen LogP contribution in [0, 0.1) is 0 Å². The minimum Gasteiger partial charge on any atom is -0.467 e. The lowest BCUT2D eigenvalue weighted by Gasteiger charge is -2.24. The second kappa shape index (κ2) is 10.3. The average Bonchev–Trinajstić information content (AvgIpc) is 2.45. The lowest BCUT2D eigenvalue weighted by atomic mass is 10.2. The molecule has 9 heteroatoms. The van der Waals surface area contributed by atoms with Gasteiger partial charge in [0.15, 0.2) is 6.04 Å². The predicted molar refractivity (Wildman–Crippen MR) is 87.2 cm³/mol. The van der Waals surface area contributed by atoms with Gasteiger partial charge in [-0.3, -0.25) is 4.79 Å². The summed E-state index contributed by atoms with van der Waals surface area (Å²) in [7, 11) is 1.15. The van der Waals surface area contributed by atoms with E-state index in [1.807, 2.05) is 6.26 Å². The molecule has 0 heterocycles. The monoisotopic (exact) mass is 350 g/mol. The number of esters is 1. The van der Waals surface area contributed by atoms with E-state index in [1.165, 1.54) is 11.8 Å². The van der Waals surface area contributed by atoms with E-state index in [0.29, 0.717) is 12.2 Å². The van der Waals surface area contributed by atoms with Gasteiger partial charge in [-0.1, -0.05) is 0 Å². The molecule has 0 spiro atoms. The number of hydrogen-bond acceptors (Lipinski definition) is 7. The van der Waals surface area contributed by atoms with E-state index in [1.54, 1.807) is 20.8 Å². The highest BCUT2D eigenvalue weighted by Crippen LogP contribution is 2.08. The lowest BCUT2D eigenvalue weighted by molar-refractivity contribution is -0.146. The van der Waals surface area contributed by atoms with E-state index in [-0.39, 0.29) is 0 Å². The fourth-order valence-electron chi connectivity index (χ4n) is 1.55. The largest absolute Gasteiger partial charge is 0.467 e. The Morgan fingerprint density at radius 1 is 1.17 bits per heavy atom. The first-order chi connectivity index (χ1) is 10.6. The molecule has 2 atom stereocenters. The van der Waals surface area contributed by atoms with Crippen molar-refractivity contribution in [2.75, 3.05) is 25.7 Å². The number of nitrogens with one attached hydrogen (secondary N) is 2. The van der Waals surface area contributed by atoms with Crippen LogP contribution in [-0.4, -0.2) is 66.5 Å². The molecular weight excluding hydrogens is 324 g/mol. The van der Waals surface area contributed by atoms with Crippen LogP contribution in [0.15, 0.2) is 0 Å². The molecule has 3 N–H and O–H groups in total. The van der Waals surface area contributed by atoms with Crippen molar-refractivity contribution in [1.29, 1.82) is 0 Å². The Bertz CT molecular complexity index is 411. The quantitative estimate of drug-likeness (QED) is 0.539. The van der Waals surface area contributed by atoms with Crippen LogP contribution in [-0.2, 0) is 19.1 Å². The van der Waals surface area contributed by atoms with Gasteiger partial charge in [-0.05, 0) is 39.2 Å². The molecule has 0 aliphatic rings. The van der Waals surface area contributed by atoms with Crippen molar-refractivity contribution in [2.45, 2.75) is 44.9 Å². The van der Waals surface area contributed by atoms with Gasteiger partial charge in [0.2, 0.25) is 5.91 Å².